The van der Waals surface area contributed by atoms with E-state index in [0.717, 1.165) is 67.8 Å². The van der Waals surface area contributed by atoms with Crippen LogP contribution in [0.2, 0.25) is 5.02 Å². The van der Waals surface area contributed by atoms with Gasteiger partial charge in [0, 0.05) is 36.6 Å². The van der Waals surface area contributed by atoms with Gasteiger partial charge in [-0.25, -0.2) is 9.07 Å². The van der Waals surface area contributed by atoms with Gasteiger partial charge in [0.15, 0.2) is 11.6 Å². The quantitative estimate of drug-likeness (QED) is 0.709. The first-order valence-corrected chi connectivity index (χ1v) is 11.5. The number of amides is 1. The maximum Gasteiger partial charge on any atom is 0.223 e. The zero-order valence-corrected chi connectivity index (χ0v) is 19.3. The van der Waals surface area contributed by atoms with Gasteiger partial charge in [0.1, 0.15) is 12.3 Å². The highest BCUT2D eigenvalue weighted by atomic mass is 35.5. The maximum atomic E-state index is 15.1. The lowest BCUT2D eigenvalue weighted by Crippen LogP contribution is -2.40. The average Bonchev–Trinajstić information content (AvgIpc) is 3.06. The van der Waals surface area contributed by atoms with Crippen molar-refractivity contribution in [3.63, 3.8) is 0 Å². The Morgan fingerprint density at radius 2 is 2.19 bits per heavy atom. The van der Waals surface area contributed by atoms with E-state index in [9.17, 15) is 4.79 Å². The normalized spacial score (nSPS) is 22.6. The second-order valence-electron chi connectivity index (χ2n) is 9.37. The molecule has 1 atom stereocenters. The number of ether oxygens (including phenoxy) is 1. The average molecular weight is 482 g/mol. The van der Waals surface area contributed by atoms with Crippen molar-refractivity contribution in [2.45, 2.75) is 57.7 Å². The lowest BCUT2D eigenvalue weighted by molar-refractivity contribution is -0.128. The fourth-order valence-corrected chi connectivity index (χ4v) is 5.70. The third-order valence-electron chi connectivity index (χ3n) is 7.26. The Hall–Kier alpha value is -1.90. The molecule has 2 fully saturated rings. The Balaban J connectivity index is 0.00000216. The summed E-state index contributed by atoms with van der Waals surface area (Å²) in [7, 11) is 0. The monoisotopic (exact) mass is 481 g/mol. The summed E-state index contributed by atoms with van der Waals surface area (Å²) in [5, 5.41) is 12.3. The summed E-state index contributed by atoms with van der Waals surface area (Å²) in [5.41, 5.74) is 3.66. The topological polar surface area (TPSA) is 72.3 Å². The van der Waals surface area contributed by atoms with E-state index in [0.29, 0.717) is 24.4 Å². The van der Waals surface area contributed by atoms with E-state index < -0.39 is 5.82 Å². The minimum Gasteiger partial charge on any atom is -0.484 e. The first-order chi connectivity index (χ1) is 15.0. The van der Waals surface area contributed by atoms with Gasteiger partial charge >= 0.3 is 0 Å². The fraction of sp³-hybridized carbons (Fsp3) is 0.591. The number of nitrogens with one attached hydrogen (secondary N) is 1. The van der Waals surface area contributed by atoms with Crippen LogP contribution < -0.4 is 10.1 Å². The fourth-order valence-electron chi connectivity index (χ4n) is 5.41. The number of fused-ring (bicyclic) bond motifs is 2. The molecule has 1 N–H and O–H groups in total. The zero-order chi connectivity index (χ0) is 21.2. The molecule has 4 heterocycles. The van der Waals surface area contributed by atoms with Gasteiger partial charge in [-0.1, -0.05) is 16.8 Å². The molecule has 1 aliphatic carbocycles. The molecule has 1 saturated carbocycles. The number of nitrogens with zero attached hydrogens (tertiary/aromatic N) is 4. The summed E-state index contributed by atoms with van der Waals surface area (Å²) < 4.78 is 23.0. The molecule has 32 heavy (non-hydrogen) atoms. The SMILES string of the molecule is Cl.O=C1CC2(CC2)CN1C[C@H]1NCCc2c(Cl)cc(F)c(OCc3nnn4c3CCC4)c21. The Bertz CT molecular complexity index is 1070. The molecular weight excluding hydrogens is 456 g/mol. The summed E-state index contributed by atoms with van der Waals surface area (Å²) in [6.45, 7) is 3.06. The molecule has 10 heteroatoms. The van der Waals surface area contributed by atoms with Crippen LogP contribution >= 0.6 is 24.0 Å². The largest absolute Gasteiger partial charge is 0.484 e. The molecule has 3 aliphatic heterocycles. The van der Waals surface area contributed by atoms with Crippen LogP contribution in [0.15, 0.2) is 6.07 Å². The van der Waals surface area contributed by atoms with E-state index >= 15 is 4.39 Å². The van der Waals surface area contributed by atoms with Crippen LogP contribution in [-0.2, 0) is 30.8 Å². The molecule has 4 aliphatic rings. The lowest BCUT2D eigenvalue weighted by Gasteiger charge is -2.32. The van der Waals surface area contributed by atoms with Crippen molar-refractivity contribution >= 4 is 29.9 Å². The number of carbonyl (C=O) groups is 1. The molecular formula is C22H26Cl2FN5O2. The van der Waals surface area contributed by atoms with E-state index in [-0.39, 0.29) is 42.1 Å². The van der Waals surface area contributed by atoms with E-state index in [1.54, 1.807) is 0 Å². The summed E-state index contributed by atoms with van der Waals surface area (Å²) in [5.74, 6) is -0.0761. The molecule has 1 saturated heterocycles. The van der Waals surface area contributed by atoms with Gasteiger partial charge in [-0.05, 0) is 55.7 Å². The highest BCUT2D eigenvalue weighted by Crippen LogP contribution is 2.53. The van der Waals surface area contributed by atoms with Crippen molar-refractivity contribution in [2.24, 2.45) is 5.41 Å². The second-order valence-corrected chi connectivity index (χ2v) is 9.77. The van der Waals surface area contributed by atoms with E-state index in [1.807, 2.05) is 9.58 Å². The summed E-state index contributed by atoms with van der Waals surface area (Å²) in [6, 6.07) is 1.13. The van der Waals surface area contributed by atoms with Crippen LogP contribution in [0.1, 0.15) is 54.2 Å². The Morgan fingerprint density at radius 1 is 1.34 bits per heavy atom. The molecule has 7 nitrogen and oxygen atoms in total. The number of aryl methyl sites for hydroxylation is 1. The highest BCUT2D eigenvalue weighted by Gasteiger charge is 2.52. The number of benzene rings is 1. The second kappa shape index (κ2) is 8.15. The van der Waals surface area contributed by atoms with E-state index in [1.165, 1.54) is 6.07 Å². The third-order valence-corrected chi connectivity index (χ3v) is 7.60. The lowest BCUT2D eigenvalue weighted by atomic mass is 9.92. The summed E-state index contributed by atoms with van der Waals surface area (Å²) in [6.07, 6.45) is 5.54. The van der Waals surface area contributed by atoms with Gasteiger partial charge in [-0.15, -0.1) is 17.5 Å². The van der Waals surface area contributed by atoms with Gasteiger partial charge in [0.2, 0.25) is 5.91 Å². The molecule has 0 bridgehead atoms. The van der Waals surface area contributed by atoms with Crippen molar-refractivity contribution in [3.8, 4) is 5.75 Å². The number of hydrogen-bond donors (Lipinski definition) is 1. The molecule has 1 spiro atoms. The maximum absolute atomic E-state index is 15.1. The molecule has 6 rings (SSSR count). The van der Waals surface area contributed by atoms with Gasteiger partial charge in [0.05, 0.1) is 11.7 Å². The van der Waals surface area contributed by atoms with Crippen molar-refractivity contribution in [2.75, 3.05) is 19.6 Å². The first-order valence-electron chi connectivity index (χ1n) is 11.1. The minimum atomic E-state index is -0.479. The Kier molecular flexibility index (Phi) is 5.58. The van der Waals surface area contributed by atoms with Crippen LogP contribution in [-0.4, -0.2) is 45.4 Å². The molecule has 0 unspecified atom stereocenters. The molecule has 1 amide bonds. The Labute approximate surface area is 197 Å². The van der Waals surface area contributed by atoms with Gasteiger partial charge < -0.3 is 15.0 Å². The summed E-state index contributed by atoms with van der Waals surface area (Å²) >= 11 is 6.43. The number of hydrogen-bond acceptors (Lipinski definition) is 5. The Morgan fingerprint density at radius 3 is 2.97 bits per heavy atom. The minimum absolute atomic E-state index is 0. The molecule has 1 aromatic carbocycles. The molecule has 0 radical (unpaired) electrons. The van der Waals surface area contributed by atoms with E-state index in [4.69, 9.17) is 16.3 Å². The van der Waals surface area contributed by atoms with Crippen LogP contribution in [0.25, 0.3) is 0 Å². The number of halogens is 3. The smallest absolute Gasteiger partial charge is 0.223 e. The molecule has 172 valence electrons. The number of rotatable bonds is 5. The van der Waals surface area contributed by atoms with Crippen LogP contribution in [0.3, 0.4) is 0 Å². The van der Waals surface area contributed by atoms with Gasteiger partial charge in [-0.2, -0.15) is 0 Å². The van der Waals surface area contributed by atoms with Crippen LogP contribution in [0, 0.1) is 11.2 Å². The van der Waals surface area contributed by atoms with Gasteiger partial charge in [0.25, 0.3) is 0 Å². The van der Waals surface area contributed by atoms with Gasteiger partial charge in [-0.3, -0.25) is 4.79 Å². The first kappa shape index (κ1) is 21.9. The predicted octanol–water partition coefficient (Wildman–Crippen LogP) is 3.22. The molecule has 2 aromatic rings. The van der Waals surface area contributed by atoms with Crippen molar-refractivity contribution in [1.82, 2.24) is 25.2 Å². The predicted molar refractivity (Wildman–Crippen MR) is 119 cm³/mol. The summed E-state index contributed by atoms with van der Waals surface area (Å²) in [4.78, 5) is 14.5. The third kappa shape index (κ3) is 3.66. The van der Waals surface area contributed by atoms with Crippen molar-refractivity contribution in [1.29, 1.82) is 0 Å². The van der Waals surface area contributed by atoms with Crippen LogP contribution in [0.4, 0.5) is 4.39 Å². The standard InChI is InChI=1S/C22H25ClFN5O2.ClH/c23-14-8-15(24)21(31-11-17-18-2-1-7-29(18)27-26-17)20-13(14)3-6-25-16(20)10-28-12-22(4-5-22)9-19(28)30;/h8,16,25H,1-7,9-12H2;1H/t16-;/m1./s1. The number of likely N-dealkylation sites (tertiary alicyclic amines) is 1. The van der Waals surface area contributed by atoms with E-state index in [2.05, 4.69) is 15.6 Å². The highest BCUT2D eigenvalue weighted by molar-refractivity contribution is 6.31. The number of aromatic nitrogens is 3. The zero-order valence-electron chi connectivity index (χ0n) is 17.7. The van der Waals surface area contributed by atoms with Crippen LogP contribution in [0.5, 0.6) is 5.75 Å². The van der Waals surface area contributed by atoms with Crippen molar-refractivity contribution in [3.05, 3.63) is 39.4 Å². The molecule has 1 aromatic heterocycles. The number of carbonyl (C=O) groups excluding carboxylic acids is 1. The van der Waals surface area contributed by atoms with Crippen molar-refractivity contribution < 1.29 is 13.9 Å².